The third-order valence-corrected chi connectivity index (χ3v) is 6.72. The van der Waals surface area contributed by atoms with E-state index in [0.717, 1.165) is 42.4 Å². The second-order valence-corrected chi connectivity index (χ2v) is 8.42. The summed E-state index contributed by atoms with van der Waals surface area (Å²) in [6.07, 6.45) is 13.6. The molecule has 0 amide bonds. The number of piperidine rings is 1. The summed E-state index contributed by atoms with van der Waals surface area (Å²) >= 11 is 0. The van der Waals surface area contributed by atoms with E-state index >= 15 is 0 Å². The van der Waals surface area contributed by atoms with E-state index in [1.807, 2.05) is 6.92 Å². The van der Waals surface area contributed by atoms with E-state index in [4.69, 9.17) is 0 Å². The van der Waals surface area contributed by atoms with Crippen LogP contribution in [-0.2, 0) is 6.42 Å². The molecular weight excluding hydrogens is 344 g/mol. The normalized spacial score (nSPS) is 22.4. The van der Waals surface area contributed by atoms with Gasteiger partial charge in [0.05, 0.1) is 0 Å². The number of H-pyrrole nitrogens is 1. The molecule has 1 aliphatic heterocycles. The average Bonchev–Trinajstić information content (AvgIpc) is 2.75. The number of likely N-dealkylation sites (tertiary alicyclic amines) is 1. The van der Waals surface area contributed by atoms with Crippen molar-refractivity contribution < 1.29 is 0 Å². The van der Waals surface area contributed by atoms with Crippen molar-refractivity contribution in [1.82, 2.24) is 9.88 Å². The number of benzene rings is 1. The molecule has 1 saturated heterocycles. The van der Waals surface area contributed by atoms with Gasteiger partial charge >= 0.3 is 0 Å². The van der Waals surface area contributed by atoms with E-state index in [9.17, 15) is 4.79 Å². The van der Waals surface area contributed by atoms with Crippen LogP contribution >= 0.6 is 0 Å². The molecule has 1 aromatic carbocycles. The summed E-state index contributed by atoms with van der Waals surface area (Å²) in [6, 6.07) is 9.21. The SMILES string of the molecule is C=CC1CCN(C(c2ccc3[nH]c(=O)c(CC)cc3c2)C2CC=CCC2)CC1. The molecule has 0 radical (unpaired) electrons. The second-order valence-electron chi connectivity index (χ2n) is 8.42. The van der Waals surface area contributed by atoms with Gasteiger partial charge < -0.3 is 4.98 Å². The standard InChI is InChI=1S/C25H32N2O/c1-3-18-12-14-27(15-13-18)24(20-8-6-5-7-9-20)21-10-11-23-22(17-21)16-19(4-2)25(28)26-23/h3,5-6,10-11,16-18,20,24H,1,4,7-9,12-15H2,2H3,(H,26,28). The molecule has 2 heterocycles. The predicted molar refractivity (Wildman–Crippen MR) is 118 cm³/mol. The fourth-order valence-corrected chi connectivity index (χ4v) is 5.04. The summed E-state index contributed by atoms with van der Waals surface area (Å²) in [7, 11) is 0. The van der Waals surface area contributed by atoms with E-state index in [2.05, 4.69) is 59.0 Å². The highest BCUT2D eigenvalue weighted by Gasteiger charge is 2.31. The van der Waals surface area contributed by atoms with Gasteiger partial charge in [-0.1, -0.05) is 31.2 Å². The number of nitrogens with zero attached hydrogens (tertiary/aromatic N) is 1. The number of pyridine rings is 1. The topological polar surface area (TPSA) is 36.1 Å². The Kier molecular flexibility index (Phi) is 5.82. The van der Waals surface area contributed by atoms with Gasteiger partial charge in [0, 0.05) is 17.1 Å². The molecule has 2 aliphatic rings. The maximum Gasteiger partial charge on any atom is 0.251 e. The molecule has 1 fully saturated rings. The van der Waals surface area contributed by atoms with Gasteiger partial charge in [0.1, 0.15) is 0 Å². The highest BCUT2D eigenvalue weighted by Crippen LogP contribution is 2.39. The number of allylic oxidation sites excluding steroid dienone is 3. The van der Waals surface area contributed by atoms with Gasteiger partial charge in [0.2, 0.25) is 0 Å². The molecule has 0 bridgehead atoms. The van der Waals surface area contributed by atoms with Crippen LogP contribution in [0.5, 0.6) is 0 Å². The minimum Gasteiger partial charge on any atom is -0.322 e. The smallest absolute Gasteiger partial charge is 0.251 e. The van der Waals surface area contributed by atoms with Gasteiger partial charge in [-0.15, -0.1) is 6.58 Å². The van der Waals surface area contributed by atoms with Crippen LogP contribution in [-0.4, -0.2) is 23.0 Å². The van der Waals surface area contributed by atoms with Gasteiger partial charge in [-0.2, -0.15) is 0 Å². The fourth-order valence-electron chi connectivity index (χ4n) is 5.04. The molecule has 2 unspecified atom stereocenters. The molecule has 148 valence electrons. The maximum atomic E-state index is 12.2. The third kappa shape index (κ3) is 3.86. The Bertz CT molecular complexity index is 918. The Hall–Kier alpha value is -2.13. The van der Waals surface area contributed by atoms with Crippen molar-refractivity contribution in [1.29, 1.82) is 0 Å². The van der Waals surface area contributed by atoms with E-state index in [1.165, 1.54) is 31.2 Å². The molecule has 1 aliphatic carbocycles. The number of hydrogen-bond acceptors (Lipinski definition) is 2. The number of fused-ring (bicyclic) bond motifs is 1. The van der Waals surface area contributed by atoms with Gasteiger partial charge in [0.15, 0.2) is 0 Å². The molecule has 2 atom stereocenters. The van der Waals surface area contributed by atoms with E-state index in [1.54, 1.807) is 0 Å². The van der Waals surface area contributed by atoms with Crippen molar-refractivity contribution in [2.45, 2.75) is 51.5 Å². The van der Waals surface area contributed by atoms with E-state index in [-0.39, 0.29) is 5.56 Å². The number of aromatic nitrogens is 1. The van der Waals surface area contributed by atoms with Crippen LogP contribution in [0.15, 0.2) is 53.9 Å². The number of nitrogens with one attached hydrogen (secondary N) is 1. The van der Waals surface area contributed by atoms with Crippen LogP contribution < -0.4 is 5.56 Å². The zero-order valence-corrected chi connectivity index (χ0v) is 17.0. The summed E-state index contributed by atoms with van der Waals surface area (Å²) < 4.78 is 0. The third-order valence-electron chi connectivity index (χ3n) is 6.72. The molecule has 2 aromatic rings. The highest BCUT2D eigenvalue weighted by molar-refractivity contribution is 5.79. The average molecular weight is 377 g/mol. The lowest BCUT2D eigenvalue weighted by atomic mass is 9.81. The highest BCUT2D eigenvalue weighted by atomic mass is 16.1. The molecule has 0 spiro atoms. The fraction of sp³-hybridized carbons (Fsp3) is 0.480. The Morgan fingerprint density at radius 2 is 2.04 bits per heavy atom. The van der Waals surface area contributed by atoms with Crippen LogP contribution in [0, 0.1) is 11.8 Å². The van der Waals surface area contributed by atoms with Crippen LogP contribution in [0.1, 0.15) is 56.2 Å². The van der Waals surface area contributed by atoms with E-state index < -0.39 is 0 Å². The Labute approximate surface area is 168 Å². The molecule has 3 nitrogen and oxygen atoms in total. The first kappa shape index (κ1) is 19.2. The molecule has 3 heteroatoms. The summed E-state index contributed by atoms with van der Waals surface area (Å²) in [5.41, 5.74) is 3.26. The van der Waals surface area contributed by atoms with Crippen molar-refractivity contribution in [2.24, 2.45) is 11.8 Å². The second kappa shape index (κ2) is 8.48. The lowest BCUT2D eigenvalue weighted by Gasteiger charge is -2.41. The first-order chi connectivity index (χ1) is 13.7. The predicted octanol–water partition coefficient (Wildman–Crippen LogP) is 5.39. The van der Waals surface area contributed by atoms with Crippen molar-refractivity contribution in [3.05, 3.63) is 70.6 Å². The van der Waals surface area contributed by atoms with Crippen molar-refractivity contribution >= 4 is 10.9 Å². The number of aryl methyl sites for hydroxylation is 1. The Morgan fingerprint density at radius 1 is 1.21 bits per heavy atom. The van der Waals surface area contributed by atoms with Crippen LogP contribution in [0.25, 0.3) is 10.9 Å². The molecule has 1 N–H and O–H groups in total. The summed E-state index contributed by atoms with van der Waals surface area (Å²) in [6.45, 7) is 8.33. The van der Waals surface area contributed by atoms with Crippen LogP contribution in [0.4, 0.5) is 0 Å². The largest absolute Gasteiger partial charge is 0.322 e. The van der Waals surface area contributed by atoms with Crippen molar-refractivity contribution in [3.8, 4) is 0 Å². The Balaban J connectivity index is 1.71. The molecule has 1 aromatic heterocycles. The summed E-state index contributed by atoms with van der Waals surface area (Å²) in [5, 5.41) is 1.16. The first-order valence-corrected chi connectivity index (χ1v) is 10.9. The minimum atomic E-state index is 0.0446. The summed E-state index contributed by atoms with van der Waals surface area (Å²) in [5.74, 6) is 1.33. The quantitative estimate of drug-likeness (QED) is 0.711. The van der Waals surface area contributed by atoms with Crippen molar-refractivity contribution in [3.63, 3.8) is 0 Å². The number of aromatic amines is 1. The summed E-state index contributed by atoms with van der Waals surface area (Å²) in [4.78, 5) is 17.9. The minimum absolute atomic E-state index is 0.0446. The van der Waals surface area contributed by atoms with Gasteiger partial charge in [0.25, 0.3) is 5.56 Å². The van der Waals surface area contributed by atoms with Crippen molar-refractivity contribution in [2.75, 3.05) is 13.1 Å². The monoisotopic (exact) mass is 376 g/mol. The molecule has 28 heavy (non-hydrogen) atoms. The maximum absolute atomic E-state index is 12.2. The lowest BCUT2D eigenvalue weighted by Crippen LogP contribution is -2.39. The van der Waals surface area contributed by atoms with Gasteiger partial charge in [-0.3, -0.25) is 9.69 Å². The van der Waals surface area contributed by atoms with Gasteiger partial charge in [-0.25, -0.2) is 0 Å². The molecule has 0 saturated carbocycles. The van der Waals surface area contributed by atoms with Gasteiger partial charge in [-0.05, 0) is 92.6 Å². The first-order valence-electron chi connectivity index (χ1n) is 10.9. The number of hydrogen-bond donors (Lipinski definition) is 1. The Morgan fingerprint density at radius 3 is 2.71 bits per heavy atom. The molecular formula is C25H32N2O. The zero-order chi connectivity index (χ0) is 19.5. The van der Waals surface area contributed by atoms with Crippen LogP contribution in [0.3, 0.4) is 0 Å². The zero-order valence-electron chi connectivity index (χ0n) is 17.0. The van der Waals surface area contributed by atoms with E-state index in [0.29, 0.717) is 17.9 Å². The number of rotatable bonds is 5. The molecule has 4 rings (SSSR count). The van der Waals surface area contributed by atoms with Crippen LogP contribution in [0.2, 0.25) is 0 Å². The lowest BCUT2D eigenvalue weighted by molar-refractivity contribution is 0.0984.